The monoisotopic (exact) mass is 315 g/mol. The Hall–Kier alpha value is -0.920. The Morgan fingerprint density at radius 3 is 2.50 bits per heavy atom. The molecular formula is C13H17NO4S2. The number of hydrogen-bond acceptors (Lipinski definition) is 5. The van der Waals surface area contributed by atoms with Crippen LogP contribution in [0.15, 0.2) is 29.2 Å². The fourth-order valence-electron chi connectivity index (χ4n) is 3.48. The minimum absolute atomic E-state index is 0.00891. The molecule has 2 atom stereocenters. The van der Waals surface area contributed by atoms with Gasteiger partial charge in [0.2, 0.25) is 0 Å². The van der Waals surface area contributed by atoms with E-state index in [9.17, 15) is 16.8 Å². The van der Waals surface area contributed by atoms with Gasteiger partial charge in [0.1, 0.15) is 0 Å². The fourth-order valence-corrected chi connectivity index (χ4v) is 7.68. The molecule has 1 fully saturated rings. The minimum atomic E-state index is -3.33. The molecule has 1 saturated heterocycles. The van der Waals surface area contributed by atoms with Crippen LogP contribution in [0.25, 0.3) is 0 Å². The van der Waals surface area contributed by atoms with Crippen LogP contribution in [0.2, 0.25) is 0 Å². The van der Waals surface area contributed by atoms with Crippen molar-refractivity contribution in [3.8, 4) is 0 Å². The molecule has 0 spiro atoms. The summed E-state index contributed by atoms with van der Waals surface area (Å²) in [5.41, 5.74) is 5.95. The summed E-state index contributed by atoms with van der Waals surface area (Å²) in [6, 6.07) is 6.87. The van der Waals surface area contributed by atoms with E-state index in [1.54, 1.807) is 24.3 Å². The second-order valence-corrected chi connectivity index (χ2v) is 9.97. The molecule has 5 nitrogen and oxygen atoms in total. The number of benzene rings is 1. The fraction of sp³-hybridized carbons (Fsp3) is 0.538. The van der Waals surface area contributed by atoms with Crippen molar-refractivity contribution in [2.75, 3.05) is 23.8 Å². The van der Waals surface area contributed by atoms with Crippen molar-refractivity contribution in [3.63, 3.8) is 0 Å². The first-order valence-electron chi connectivity index (χ1n) is 6.52. The number of sulfone groups is 2. The Morgan fingerprint density at radius 2 is 1.90 bits per heavy atom. The molecule has 0 radical (unpaired) electrons. The van der Waals surface area contributed by atoms with Crippen molar-refractivity contribution >= 4 is 19.7 Å². The van der Waals surface area contributed by atoms with E-state index in [4.69, 9.17) is 5.73 Å². The lowest BCUT2D eigenvalue weighted by Gasteiger charge is -2.32. The predicted octanol–water partition coefficient (Wildman–Crippen LogP) is 0.321. The highest BCUT2D eigenvalue weighted by molar-refractivity contribution is 7.92. The first kappa shape index (κ1) is 14.0. The zero-order chi connectivity index (χ0) is 14.6. The highest BCUT2D eigenvalue weighted by Crippen LogP contribution is 2.50. The number of hydrogen-bond donors (Lipinski definition) is 1. The van der Waals surface area contributed by atoms with Crippen LogP contribution in [0, 0.1) is 5.41 Å². The van der Waals surface area contributed by atoms with E-state index >= 15 is 0 Å². The molecule has 2 unspecified atom stereocenters. The summed E-state index contributed by atoms with van der Waals surface area (Å²) < 4.78 is 48.2. The lowest BCUT2D eigenvalue weighted by molar-refractivity contribution is 0.289. The highest BCUT2D eigenvalue weighted by atomic mass is 32.2. The van der Waals surface area contributed by atoms with Gasteiger partial charge in [0.15, 0.2) is 19.7 Å². The van der Waals surface area contributed by atoms with E-state index in [1.165, 1.54) is 0 Å². The van der Waals surface area contributed by atoms with E-state index in [-0.39, 0.29) is 29.7 Å². The molecule has 2 N–H and O–H groups in total. The van der Waals surface area contributed by atoms with Gasteiger partial charge in [0, 0.05) is 11.3 Å². The third-order valence-corrected chi connectivity index (χ3v) is 8.23. The van der Waals surface area contributed by atoms with Crippen molar-refractivity contribution in [1.29, 1.82) is 0 Å². The number of fused-ring (bicyclic) bond motifs is 1. The summed E-state index contributed by atoms with van der Waals surface area (Å²) in [5.74, 6) is -0.251. The normalized spacial score (nSPS) is 34.0. The smallest absolute Gasteiger partial charge is 0.179 e. The molecular weight excluding hydrogens is 298 g/mol. The first-order valence-corrected chi connectivity index (χ1v) is 9.99. The zero-order valence-electron chi connectivity index (χ0n) is 10.9. The van der Waals surface area contributed by atoms with Gasteiger partial charge in [-0.3, -0.25) is 0 Å². The highest BCUT2D eigenvalue weighted by Gasteiger charge is 2.52. The minimum Gasteiger partial charge on any atom is -0.330 e. The average molecular weight is 315 g/mol. The molecule has 0 amide bonds. The number of nitrogens with two attached hydrogens (primary N) is 1. The van der Waals surface area contributed by atoms with E-state index in [2.05, 4.69) is 0 Å². The molecule has 2 aliphatic heterocycles. The standard InChI is InChI=1S/C13H17NO4S2/c14-8-13(5-6-19(15,16)9-13)11-7-20(17,18)12-4-2-1-3-10(11)12/h1-4,11H,5-9,14H2. The summed E-state index contributed by atoms with van der Waals surface area (Å²) >= 11 is 0. The van der Waals surface area contributed by atoms with Gasteiger partial charge in [0.05, 0.1) is 22.2 Å². The summed E-state index contributed by atoms with van der Waals surface area (Å²) in [6.07, 6.45) is 0.445. The van der Waals surface area contributed by atoms with E-state index in [0.29, 0.717) is 11.3 Å². The first-order chi connectivity index (χ1) is 9.30. The van der Waals surface area contributed by atoms with Gasteiger partial charge in [0.25, 0.3) is 0 Å². The van der Waals surface area contributed by atoms with Crippen molar-refractivity contribution < 1.29 is 16.8 Å². The maximum Gasteiger partial charge on any atom is 0.179 e. The largest absolute Gasteiger partial charge is 0.330 e. The van der Waals surface area contributed by atoms with Crippen LogP contribution in [-0.4, -0.2) is 40.6 Å². The quantitative estimate of drug-likeness (QED) is 0.848. The lowest BCUT2D eigenvalue weighted by Crippen LogP contribution is -2.38. The summed E-state index contributed by atoms with van der Waals surface area (Å²) in [4.78, 5) is 0.335. The van der Waals surface area contributed by atoms with Crippen LogP contribution in [0.1, 0.15) is 17.9 Å². The number of rotatable bonds is 2. The Morgan fingerprint density at radius 1 is 1.20 bits per heavy atom. The Kier molecular flexibility index (Phi) is 3.01. The van der Waals surface area contributed by atoms with Gasteiger partial charge in [-0.2, -0.15) is 0 Å². The molecule has 7 heteroatoms. The predicted molar refractivity (Wildman–Crippen MR) is 76.0 cm³/mol. The third kappa shape index (κ3) is 1.99. The van der Waals surface area contributed by atoms with Crippen molar-refractivity contribution in [2.45, 2.75) is 17.2 Å². The maximum atomic E-state index is 12.2. The third-order valence-electron chi connectivity index (χ3n) is 4.58. The van der Waals surface area contributed by atoms with Gasteiger partial charge in [-0.1, -0.05) is 18.2 Å². The van der Waals surface area contributed by atoms with Gasteiger partial charge >= 0.3 is 0 Å². The second-order valence-electron chi connectivity index (χ2n) is 5.78. The molecule has 3 rings (SSSR count). The molecule has 0 saturated carbocycles. The Labute approximate surface area is 119 Å². The molecule has 2 heterocycles. The molecule has 1 aromatic rings. The zero-order valence-corrected chi connectivity index (χ0v) is 12.6. The molecule has 2 aliphatic rings. The van der Waals surface area contributed by atoms with Gasteiger partial charge < -0.3 is 5.73 Å². The SMILES string of the molecule is NCC1(C2CS(=O)(=O)c3ccccc32)CCS(=O)(=O)C1. The Balaban J connectivity index is 2.13. The lowest BCUT2D eigenvalue weighted by atomic mass is 9.72. The topological polar surface area (TPSA) is 94.3 Å². The molecule has 0 bridgehead atoms. The van der Waals surface area contributed by atoms with Crippen molar-refractivity contribution in [1.82, 2.24) is 0 Å². The van der Waals surface area contributed by atoms with E-state index < -0.39 is 25.1 Å². The maximum absolute atomic E-state index is 12.2. The second kappa shape index (κ2) is 4.29. The summed E-state index contributed by atoms with van der Waals surface area (Å²) in [7, 11) is -6.45. The van der Waals surface area contributed by atoms with Crippen LogP contribution < -0.4 is 5.73 Å². The van der Waals surface area contributed by atoms with Gasteiger partial charge in [-0.05, 0) is 24.6 Å². The van der Waals surface area contributed by atoms with Crippen LogP contribution >= 0.6 is 0 Å². The molecule has 0 aliphatic carbocycles. The average Bonchev–Trinajstić information content (AvgIpc) is 2.86. The summed E-state index contributed by atoms with van der Waals surface area (Å²) in [5, 5.41) is 0. The van der Waals surface area contributed by atoms with Crippen LogP contribution in [0.3, 0.4) is 0 Å². The molecule has 110 valence electrons. The molecule has 0 aromatic heterocycles. The van der Waals surface area contributed by atoms with Crippen molar-refractivity contribution in [3.05, 3.63) is 29.8 Å². The summed E-state index contributed by atoms with van der Waals surface area (Å²) in [6.45, 7) is 0.195. The van der Waals surface area contributed by atoms with Crippen LogP contribution in [-0.2, 0) is 19.7 Å². The molecule has 20 heavy (non-hydrogen) atoms. The van der Waals surface area contributed by atoms with Gasteiger partial charge in [-0.25, -0.2) is 16.8 Å². The van der Waals surface area contributed by atoms with Crippen LogP contribution in [0.5, 0.6) is 0 Å². The van der Waals surface area contributed by atoms with Gasteiger partial charge in [-0.15, -0.1) is 0 Å². The Bertz CT molecular complexity index is 754. The molecule has 1 aromatic carbocycles. The van der Waals surface area contributed by atoms with Crippen molar-refractivity contribution in [2.24, 2.45) is 11.1 Å². The van der Waals surface area contributed by atoms with E-state index in [0.717, 1.165) is 5.56 Å². The van der Waals surface area contributed by atoms with Crippen LogP contribution in [0.4, 0.5) is 0 Å². The van der Waals surface area contributed by atoms with E-state index in [1.807, 2.05) is 0 Å².